The number of amides is 2. The summed E-state index contributed by atoms with van der Waals surface area (Å²) in [7, 11) is 0. The minimum atomic E-state index is -0.102. The summed E-state index contributed by atoms with van der Waals surface area (Å²) in [5.41, 5.74) is 2.14. The second-order valence-electron chi connectivity index (χ2n) is 5.97. The summed E-state index contributed by atoms with van der Waals surface area (Å²) < 4.78 is 0. The first kappa shape index (κ1) is 16.5. The summed E-state index contributed by atoms with van der Waals surface area (Å²) in [6, 6.07) is 14.8. The molecule has 1 saturated carbocycles. The van der Waals surface area contributed by atoms with Crippen molar-refractivity contribution in [2.24, 2.45) is 0 Å². The minimum absolute atomic E-state index is 0.0929. The fourth-order valence-electron chi connectivity index (χ4n) is 2.41. The Morgan fingerprint density at radius 2 is 1.88 bits per heavy atom. The van der Waals surface area contributed by atoms with Crippen molar-refractivity contribution in [1.82, 2.24) is 5.32 Å². The third-order valence-corrected chi connectivity index (χ3v) is 4.27. The third kappa shape index (κ3) is 4.59. The number of anilines is 1. The van der Waals surface area contributed by atoms with Crippen molar-refractivity contribution < 1.29 is 9.59 Å². The highest BCUT2D eigenvalue weighted by Crippen LogP contribution is 2.20. The van der Waals surface area contributed by atoms with Gasteiger partial charge in [0.05, 0.1) is 0 Å². The molecule has 0 aromatic heterocycles. The van der Waals surface area contributed by atoms with E-state index in [0.29, 0.717) is 35.2 Å². The number of carbonyl (C=O) groups is 2. The molecule has 0 aliphatic heterocycles. The molecular formula is C19H19ClN2O2. The average molecular weight is 343 g/mol. The first-order valence-corrected chi connectivity index (χ1v) is 8.44. The number of halogens is 1. The van der Waals surface area contributed by atoms with Crippen molar-refractivity contribution in [3.8, 4) is 0 Å². The second kappa shape index (κ2) is 7.49. The van der Waals surface area contributed by atoms with Crippen LogP contribution >= 0.6 is 11.6 Å². The molecule has 2 amide bonds. The predicted octanol–water partition coefficient (Wildman–Crippen LogP) is 3.80. The third-order valence-electron chi connectivity index (χ3n) is 3.90. The van der Waals surface area contributed by atoms with E-state index in [1.807, 2.05) is 24.3 Å². The Balaban J connectivity index is 1.56. The maximum atomic E-state index is 12.1. The summed E-state index contributed by atoms with van der Waals surface area (Å²) in [6.45, 7) is 0. The van der Waals surface area contributed by atoms with Gasteiger partial charge in [0.25, 0.3) is 5.91 Å². The minimum Gasteiger partial charge on any atom is -0.349 e. The van der Waals surface area contributed by atoms with Gasteiger partial charge < -0.3 is 10.6 Å². The second-order valence-corrected chi connectivity index (χ2v) is 6.38. The SMILES string of the molecule is O=C(CCc1ccccc1Cl)Nc1cccc(C(=O)NC2CC2)c1. The Morgan fingerprint density at radius 1 is 1.08 bits per heavy atom. The highest BCUT2D eigenvalue weighted by atomic mass is 35.5. The molecule has 3 rings (SSSR count). The highest BCUT2D eigenvalue weighted by molar-refractivity contribution is 6.31. The normalized spacial score (nSPS) is 13.4. The van der Waals surface area contributed by atoms with Gasteiger partial charge in [0, 0.05) is 28.7 Å². The molecule has 1 fully saturated rings. The van der Waals surface area contributed by atoms with Gasteiger partial charge in [-0.05, 0) is 49.1 Å². The lowest BCUT2D eigenvalue weighted by molar-refractivity contribution is -0.116. The molecule has 0 unspecified atom stereocenters. The van der Waals surface area contributed by atoms with Crippen molar-refractivity contribution in [2.75, 3.05) is 5.32 Å². The van der Waals surface area contributed by atoms with Gasteiger partial charge in [0.2, 0.25) is 5.91 Å². The van der Waals surface area contributed by atoms with Gasteiger partial charge in [-0.1, -0.05) is 35.9 Å². The predicted molar refractivity (Wildman–Crippen MR) is 95.3 cm³/mol. The molecule has 0 saturated heterocycles. The number of benzene rings is 2. The Bertz CT molecular complexity index is 757. The Labute approximate surface area is 146 Å². The van der Waals surface area contributed by atoms with Gasteiger partial charge in [-0.15, -0.1) is 0 Å². The fourth-order valence-corrected chi connectivity index (χ4v) is 2.64. The fraction of sp³-hybridized carbons (Fsp3) is 0.263. The molecule has 0 bridgehead atoms. The van der Waals surface area contributed by atoms with E-state index in [-0.39, 0.29) is 11.8 Å². The van der Waals surface area contributed by atoms with E-state index in [1.54, 1.807) is 24.3 Å². The van der Waals surface area contributed by atoms with E-state index in [4.69, 9.17) is 11.6 Å². The topological polar surface area (TPSA) is 58.2 Å². The molecule has 24 heavy (non-hydrogen) atoms. The van der Waals surface area contributed by atoms with Gasteiger partial charge in [0.1, 0.15) is 0 Å². The van der Waals surface area contributed by atoms with Gasteiger partial charge in [-0.25, -0.2) is 0 Å². The molecule has 1 aliphatic carbocycles. The van der Waals surface area contributed by atoms with Crippen LogP contribution in [0.2, 0.25) is 5.02 Å². The van der Waals surface area contributed by atoms with Gasteiger partial charge in [-0.3, -0.25) is 9.59 Å². The van der Waals surface area contributed by atoms with Crippen molar-refractivity contribution in [3.63, 3.8) is 0 Å². The zero-order valence-electron chi connectivity index (χ0n) is 13.2. The van der Waals surface area contributed by atoms with Crippen LogP contribution < -0.4 is 10.6 Å². The van der Waals surface area contributed by atoms with E-state index in [9.17, 15) is 9.59 Å². The van der Waals surface area contributed by atoms with Crippen LogP contribution in [0.4, 0.5) is 5.69 Å². The molecule has 0 radical (unpaired) electrons. The van der Waals surface area contributed by atoms with Crippen LogP contribution in [0.15, 0.2) is 48.5 Å². The van der Waals surface area contributed by atoms with Gasteiger partial charge >= 0.3 is 0 Å². The zero-order valence-corrected chi connectivity index (χ0v) is 14.0. The van der Waals surface area contributed by atoms with E-state index in [0.717, 1.165) is 18.4 Å². The summed E-state index contributed by atoms with van der Waals surface area (Å²) in [4.78, 5) is 24.2. The number of nitrogens with one attached hydrogen (secondary N) is 2. The van der Waals surface area contributed by atoms with Crippen molar-refractivity contribution in [3.05, 3.63) is 64.7 Å². The van der Waals surface area contributed by atoms with Crippen molar-refractivity contribution >= 4 is 29.1 Å². The first-order valence-electron chi connectivity index (χ1n) is 8.06. The quantitative estimate of drug-likeness (QED) is 0.838. The van der Waals surface area contributed by atoms with Crippen LogP contribution in [0.5, 0.6) is 0 Å². The Hall–Kier alpha value is -2.33. The lowest BCUT2D eigenvalue weighted by Gasteiger charge is -2.08. The van der Waals surface area contributed by atoms with E-state index in [2.05, 4.69) is 10.6 Å². The maximum absolute atomic E-state index is 12.1. The number of hydrogen-bond acceptors (Lipinski definition) is 2. The van der Waals surface area contributed by atoms with Crippen LogP contribution in [0.1, 0.15) is 35.2 Å². The van der Waals surface area contributed by atoms with Crippen LogP contribution in [0.3, 0.4) is 0 Å². The smallest absolute Gasteiger partial charge is 0.251 e. The summed E-state index contributed by atoms with van der Waals surface area (Å²) in [5, 5.41) is 6.44. The van der Waals surface area contributed by atoms with Gasteiger partial charge in [0.15, 0.2) is 0 Å². The average Bonchev–Trinajstić information content (AvgIpc) is 3.38. The molecular weight excluding hydrogens is 324 g/mol. The first-order chi connectivity index (χ1) is 11.6. The molecule has 2 aromatic rings. The molecule has 5 heteroatoms. The van der Waals surface area contributed by atoms with Crippen LogP contribution in [-0.2, 0) is 11.2 Å². The standard InChI is InChI=1S/C19H19ClN2O2/c20-17-7-2-1-4-13(17)8-11-18(23)21-16-6-3-5-14(12-16)19(24)22-15-9-10-15/h1-7,12,15H,8-11H2,(H,21,23)(H,22,24). The summed E-state index contributed by atoms with van der Waals surface area (Å²) in [6.07, 6.45) is 3.00. The molecule has 0 spiro atoms. The van der Waals surface area contributed by atoms with E-state index < -0.39 is 0 Å². The molecule has 0 heterocycles. The molecule has 4 nitrogen and oxygen atoms in total. The zero-order chi connectivity index (χ0) is 16.9. The lowest BCUT2D eigenvalue weighted by atomic mass is 10.1. The van der Waals surface area contributed by atoms with Crippen molar-refractivity contribution in [1.29, 1.82) is 0 Å². The summed E-state index contributed by atoms with van der Waals surface area (Å²) in [5.74, 6) is -0.195. The summed E-state index contributed by atoms with van der Waals surface area (Å²) >= 11 is 6.09. The van der Waals surface area contributed by atoms with E-state index >= 15 is 0 Å². The Kier molecular flexibility index (Phi) is 5.16. The molecule has 124 valence electrons. The number of rotatable bonds is 6. The monoisotopic (exact) mass is 342 g/mol. The molecule has 1 aliphatic rings. The van der Waals surface area contributed by atoms with Crippen molar-refractivity contribution in [2.45, 2.75) is 31.7 Å². The maximum Gasteiger partial charge on any atom is 0.251 e. The number of hydrogen-bond donors (Lipinski definition) is 2. The van der Waals surface area contributed by atoms with Gasteiger partial charge in [-0.2, -0.15) is 0 Å². The van der Waals surface area contributed by atoms with Crippen LogP contribution in [0.25, 0.3) is 0 Å². The lowest BCUT2D eigenvalue weighted by Crippen LogP contribution is -2.25. The van der Waals surface area contributed by atoms with E-state index in [1.165, 1.54) is 0 Å². The number of carbonyl (C=O) groups excluding carboxylic acids is 2. The van der Waals surface area contributed by atoms with Crippen LogP contribution in [-0.4, -0.2) is 17.9 Å². The largest absolute Gasteiger partial charge is 0.349 e. The highest BCUT2D eigenvalue weighted by Gasteiger charge is 2.23. The number of aryl methyl sites for hydroxylation is 1. The molecule has 2 N–H and O–H groups in total. The van der Waals surface area contributed by atoms with Crippen LogP contribution in [0, 0.1) is 0 Å². The Morgan fingerprint density at radius 3 is 2.62 bits per heavy atom. The molecule has 2 aromatic carbocycles. The molecule has 0 atom stereocenters.